The highest BCUT2D eigenvalue weighted by Gasteiger charge is 2.12. The molecule has 4 heteroatoms. The molecular formula is C13H18Cl2N2. The second-order valence-corrected chi connectivity index (χ2v) is 5.40. The van der Waals surface area contributed by atoms with Crippen molar-refractivity contribution in [3.63, 3.8) is 0 Å². The third kappa shape index (κ3) is 4.14. The van der Waals surface area contributed by atoms with Crippen LogP contribution < -0.4 is 10.6 Å². The molecule has 0 amide bonds. The summed E-state index contributed by atoms with van der Waals surface area (Å²) in [5.41, 5.74) is 1.08. The minimum atomic E-state index is 0.744. The van der Waals surface area contributed by atoms with Crippen molar-refractivity contribution in [2.75, 3.05) is 19.6 Å². The van der Waals surface area contributed by atoms with E-state index in [-0.39, 0.29) is 0 Å². The van der Waals surface area contributed by atoms with Crippen molar-refractivity contribution in [3.05, 3.63) is 33.8 Å². The SMILES string of the molecule is Clc1ccc(Cl)c(CNCC2CCNCC2)c1. The molecule has 1 fully saturated rings. The molecule has 0 saturated carbocycles. The molecule has 0 spiro atoms. The maximum Gasteiger partial charge on any atom is 0.0451 e. The molecule has 0 bridgehead atoms. The summed E-state index contributed by atoms with van der Waals surface area (Å²) < 4.78 is 0. The summed E-state index contributed by atoms with van der Waals surface area (Å²) in [6, 6.07) is 5.60. The number of hydrogen-bond donors (Lipinski definition) is 2. The van der Waals surface area contributed by atoms with E-state index in [2.05, 4.69) is 10.6 Å². The molecule has 1 aliphatic heterocycles. The van der Waals surface area contributed by atoms with Gasteiger partial charge in [0.1, 0.15) is 0 Å². The Bertz CT molecular complexity index is 362. The first-order valence-electron chi connectivity index (χ1n) is 6.11. The van der Waals surface area contributed by atoms with Crippen molar-refractivity contribution in [1.29, 1.82) is 0 Å². The minimum Gasteiger partial charge on any atom is -0.317 e. The van der Waals surface area contributed by atoms with E-state index in [1.165, 1.54) is 12.8 Å². The Morgan fingerprint density at radius 2 is 2.00 bits per heavy atom. The van der Waals surface area contributed by atoms with Gasteiger partial charge in [0.2, 0.25) is 0 Å². The maximum absolute atomic E-state index is 6.11. The fraction of sp³-hybridized carbons (Fsp3) is 0.538. The van der Waals surface area contributed by atoms with Crippen LogP contribution in [0.25, 0.3) is 0 Å². The molecule has 1 aromatic carbocycles. The summed E-state index contributed by atoms with van der Waals surface area (Å²) in [7, 11) is 0. The number of nitrogens with one attached hydrogen (secondary N) is 2. The highest BCUT2D eigenvalue weighted by Crippen LogP contribution is 2.20. The van der Waals surface area contributed by atoms with Crippen molar-refractivity contribution >= 4 is 23.2 Å². The summed E-state index contributed by atoms with van der Waals surface area (Å²) >= 11 is 12.1. The Labute approximate surface area is 113 Å². The van der Waals surface area contributed by atoms with Crippen molar-refractivity contribution in [2.45, 2.75) is 19.4 Å². The Hall–Kier alpha value is -0.280. The molecule has 0 atom stereocenters. The van der Waals surface area contributed by atoms with Gasteiger partial charge in [-0.2, -0.15) is 0 Å². The average molecular weight is 273 g/mol. The van der Waals surface area contributed by atoms with Gasteiger partial charge in [-0.15, -0.1) is 0 Å². The van der Waals surface area contributed by atoms with Crippen LogP contribution in [0.1, 0.15) is 18.4 Å². The lowest BCUT2D eigenvalue weighted by atomic mass is 9.98. The fourth-order valence-electron chi connectivity index (χ4n) is 2.18. The molecule has 1 aromatic rings. The molecule has 0 aromatic heterocycles. The first-order valence-corrected chi connectivity index (χ1v) is 6.86. The van der Waals surface area contributed by atoms with Crippen LogP contribution in [0.3, 0.4) is 0 Å². The molecule has 0 aliphatic carbocycles. The highest BCUT2D eigenvalue weighted by molar-refractivity contribution is 6.33. The summed E-state index contributed by atoms with van der Waals surface area (Å²) in [5, 5.41) is 8.37. The predicted octanol–water partition coefficient (Wildman–Crippen LogP) is 3.08. The van der Waals surface area contributed by atoms with Gasteiger partial charge in [0.15, 0.2) is 0 Å². The zero-order valence-electron chi connectivity index (χ0n) is 9.81. The minimum absolute atomic E-state index is 0.744. The Kier molecular flexibility index (Phi) is 5.11. The molecule has 0 radical (unpaired) electrons. The molecular weight excluding hydrogens is 255 g/mol. The second-order valence-electron chi connectivity index (χ2n) is 4.56. The van der Waals surface area contributed by atoms with Crippen molar-refractivity contribution in [2.24, 2.45) is 5.92 Å². The van der Waals surface area contributed by atoms with Gasteiger partial charge >= 0.3 is 0 Å². The zero-order valence-corrected chi connectivity index (χ0v) is 11.3. The monoisotopic (exact) mass is 272 g/mol. The first kappa shape index (κ1) is 13.2. The Balaban J connectivity index is 1.79. The van der Waals surface area contributed by atoms with E-state index in [1.807, 2.05) is 18.2 Å². The summed E-state index contributed by atoms with van der Waals surface area (Å²) in [5.74, 6) is 0.786. The second kappa shape index (κ2) is 6.60. The predicted molar refractivity (Wildman–Crippen MR) is 73.8 cm³/mol. The van der Waals surface area contributed by atoms with Gasteiger partial charge in [-0.1, -0.05) is 23.2 Å². The quantitative estimate of drug-likeness (QED) is 0.881. The summed E-state index contributed by atoms with van der Waals surface area (Å²) in [6.07, 6.45) is 2.52. The largest absolute Gasteiger partial charge is 0.317 e. The third-order valence-corrected chi connectivity index (χ3v) is 3.82. The molecule has 1 aliphatic rings. The molecule has 2 rings (SSSR count). The van der Waals surface area contributed by atoms with Crippen LogP contribution in [0.5, 0.6) is 0 Å². The van der Waals surface area contributed by atoms with Crippen molar-refractivity contribution in [3.8, 4) is 0 Å². The fourth-order valence-corrected chi connectivity index (χ4v) is 2.55. The van der Waals surface area contributed by atoms with Crippen LogP contribution in [-0.2, 0) is 6.54 Å². The van der Waals surface area contributed by atoms with Crippen LogP contribution in [0.4, 0.5) is 0 Å². The van der Waals surface area contributed by atoms with Gasteiger partial charge in [0.25, 0.3) is 0 Å². The van der Waals surface area contributed by atoms with E-state index in [0.29, 0.717) is 0 Å². The van der Waals surface area contributed by atoms with E-state index >= 15 is 0 Å². The van der Waals surface area contributed by atoms with Crippen molar-refractivity contribution < 1.29 is 0 Å². The Morgan fingerprint density at radius 3 is 2.76 bits per heavy atom. The van der Waals surface area contributed by atoms with Gasteiger partial charge in [-0.25, -0.2) is 0 Å². The first-order chi connectivity index (χ1) is 8.25. The van der Waals surface area contributed by atoms with Gasteiger partial charge in [-0.05, 0) is 62.2 Å². The van der Waals surface area contributed by atoms with E-state index < -0.39 is 0 Å². The molecule has 17 heavy (non-hydrogen) atoms. The molecule has 1 heterocycles. The van der Waals surface area contributed by atoms with E-state index in [4.69, 9.17) is 23.2 Å². The molecule has 94 valence electrons. The van der Waals surface area contributed by atoms with E-state index in [0.717, 1.165) is 47.7 Å². The maximum atomic E-state index is 6.11. The number of rotatable bonds is 4. The zero-order chi connectivity index (χ0) is 12.1. The van der Waals surface area contributed by atoms with Gasteiger partial charge in [0, 0.05) is 16.6 Å². The highest BCUT2D eigenvalue weighted by atomic mass is 35.5. The molecule has 2 N–H and O–H groups in total. The van der Waals surface area contributed by atoms with Crippen LogP contribution in [0.15, 0.2) is 18.2 Å². The van der Waals surface area contributed by atoms with E-state index in [1.54, 1.807) is 0 Å². The number of benzene rings is 1. The molecule has 2 nitrogen and oxygen atoms in total. The topological polar surface area (TPSA) is 24.1 Å². The summed E-state index contributed by atoms with van der Waals surface area (Å²) in [4.78, 5) is 0. The van der Waals surface area contributed by atoms with Crippen LogP contribution in [-0.4, -0.2) is 19.6 Å². The van der Waals surface area contributed by atoms with Crippen LogP contribution in [0.2, 0.25) is 10.0 Å². The molecule has 0 unspecified atom stereocenters. The third-order valence-electron chi connectivity index (χ3n) is 3.21. The summed E-state index contributed by atoms with van der Waals surface area (Å²) in [6.45, 7) is 4.14. The van der Waals surface area contributed by atoms with Crippen LogP contribution >= 0.6 is 23.2 Å². The lowest BCUT2D eigenvalue weighted by Gasteiger charge is -2.22. The number of piperidine rings is 1. The van der Waals surface area contributed by atoms with Gasteiger partial charge < -0.3 is 10.6 Å². The van der Waals surface area contributed by atoms with Crippen molar-refractivity contribution in [1.82, 2.24) is 10.6 Å². The number of halogens is 2. The average Bonchev–Trinajstić information content (AvgIpc) is 2.35. The normalized spacial score (nSPS) is 17.3. The number of hydrogen-bond acceptors (Lipinski definition) is 2. The Morgan fingerprint density at radius 1 is 1.24 bits per heavy atom. The standard InChI is InChI=1S/C13H18Cl2N2/c14-12-1-2-13(15)11(7-12)9-17-8-10-3-5-16-6-4-10/h1-2,7,10,16-17H,3-6,8-9H2. The lowest BCUT2D eigenvalue weighted by Crippen LogP contribution is -2.33. The smallest absolute Gasteiger partial charge is 0.0451 e. The van der Waals surface area contributed by atoms with Gasteiger partial charge in [0.05, 0.1) is 0 Å². The lowest BCUT2D eigenvalue weighted by molar-refractivity contribution is 0.356. The van der Waals surface area contributed by atoms with E-state index in [9.17, 15) is 0 Å². The van der Waals surface area contributed by atoms with Gasteiger partial charge in [-0.3, -0.25) is 0 Å². The molecule has 1 saturated heterocycles. The van der Waals surface area contributed by atoms with Crippen LogP contribution in [0, 0.1) is 5.92 Å².